The molecule has 0 aliphatic carbocycles. The molecule has 0 saturated carbocycles. The van der Waals surface area contributed by atoms with Crippen molar-refractivity contribution in [3.8, 4) is 0 Å². The van der Waals surface area contributed by atoms with E-state index >= 15 is 0 Å². The van der Waals surface area contributed by atoms with E-state index in [0.29, 0.717) is 12.1 Å². The van der Waals surface area contributed by atoms with Gasteiger partial charge in [0.15, 0.2) is 0 Å². The third-order valence-electron chi connectivity index (χ3n) is 5.99. The third kappa shape index (κ3) is 4.43. The van der Waals surface area contributed by atoms with Crippen molar-refractivity contribution in [3.63, 3.8) is 0 Å². The summed E-state index contributed by atoms with van der Waals surface area (Å²) in [7, 11) is 2.97. The van der Waals surface area contributed by atoms with Gasteiger partial charge in [-0.15, -0.1) is 0 Å². The summed E-state index contributed by atoms with van der Waals surface area (Å²) in [6.45, 7) is 5.45. The summed E-state index contributed by atoms with van der Waals surface area (Å²) in [5.41, 5.74) is 0.934. The Kier molecular flexibility index (Phi) is 6.36. The van der Waals surface area contributed by atoms with Gasteiger partial charge in [-0.05, 0) is 31.2 Å². The fraction of sp³-hybridized carbons (Fsp3) is 0.391. The SMILES string of the molecule is Cn1c(=O)c2cc(C(=O)NCCCN3CCN(c4ccccc4)CC3)cnc2n(C)c1=O. The number of hydrogen-bond donors (Lipinski definition) is 1. The predicted molar refractivity (Wildman–Crippen MR) is 124 cm³/mol. The van der Waals surface area contributed by atoms with E-state index in [9.17, 15) is 14.4 Å². The minimum absolute atomic E-state index is 0.249. The fourth-order valence-electron chi connectivity index (χ4n) is 4.06. The van der Waals surface area contributed by atoms with E-state index in [1.807, 2.05) is 6.07 Å². The maximum Gasteiger partial charge on any atom is 0.332 e. The van der Waals surface area contributed by atoms with Gasteiger partial charge in [0.05, 0.1) is 10.9 Å². The Balaban J connectivity index is 1.28. The standard InChI is InChI=1S/C23H28N6O3/c1-26-20-19(22(31)27(2)23(26)32)15-17(16-25-20)21(30)24-9-6-10-28-11-13-29(14-12-28)18-7-4-3-5-8-18/h3-5,7-8,15-16H,6,9-14H2,1-2H3,(H,24,30). The lowest BCUT2D eigenvalue weighted by Gasteiger charge is -2.36. The summed E-state index contributed by atoms with van der Waals surface area (Å²) in [4.78, 5) is 45.9. The van der Waals surface area contributed by atoms with Gasteiger partial charge in [-0.3, -0.25) is 23.6 Å². The molecule has 168 valence electrons. The van der Waals surface area contributed by atoms with Crippen molar-refractivity contribution in [1.29, 1.82) is 0 Å². The molecular weight excluding hydrogens is 408 g/mol. The molecule has 9 nitrogen and oxygen atoms in total. The highest BCUT2D eigenvalue weighted by Gasteiger charge is 2.17. The first-order valence-electron chi connectivity index (χ1n) is 10.8. The molecule has 1 N–H and O–H groups in total. The van der Waals surface area contributed by atoms with Crippen LogP contribution in [0.3, 0.4) is 0 Å². The summed E-state index contributed by atoms with van der Waals surface area (Å²) >= 11 is 0. The summed E-state index contributed by atoms with van der Waals surface area (Å²) in [6.07, 6.45) is 2.24. The van der Waals surface area contributed by atoms with Crippen LogP contribution in [0.1, 0.15) is 16.8 Å². The van der Waals surface area contributed by atoms with Gasteiger partial charge in [0, 0.05) is 58.7 Å². The lowest BCUT2D eigenvalue weighted by atomic mass is 10.2. The van der Waals surface area contributed by atoms with Crippen LogP contribution < -0.4 is 21.5 Å². The molecule has 0 unspecified atom stereocenters. The van der Waals surface area contributed by atoms with Gasteiger partial charge >= 0.3 is 5.69 Å². The Labute approximate surface area is 185 Å². The van der Waals surface area contributed by atoms with Crippen LogP contribution >= 0.6 is 0 Å². The first-order chi connectivity index (χ1) is 15.5. The number of amides is 1. The van der Waals surface area contributed by atoms with Crippen molar-refractivity contribution < 1.29 is 4.79 Å². The van der Waals surface area contributed by atoms with E-state index in [-0.39, 0.29) is 16.9 Å². The van der Waals surface area contributed by atoms with Crippen molar-refractivity contribution in [3.05, 3.63) is 69.0 Å². The molecular formula is C23H28N6O3. The zero-order chi connectivity index (χ0) is 22.7. The minimum Gasteiger partial charge on any atom is -0.369 e. The van der Waals surface area contributed by atoms with Gasteiger partial charge in [0.25, 0.3) is 11.5 Å². The second-order valence-corrected chi connectivity index (χ2v) is 8.07. The van der Waals surface area contributed by atoms with Crippen LogP contribution in [0.2, 0.25) is 0 Å². The highest BCUT2D eigenvalue weighted by atomic mass is 16.2. The number of aryl methyl sites for hydroxylation is 1. The summed E-state index contributed by atoms with van der Waals surface area (Å²) in [5.74, 6) is -0.274. The highest BCUT2D eigenvalue weighted by Crippen LogP contribution is 2.15. The van der Waals surface area contributed by atoms with Crippen LogP contribution in [0.25, 0.3) is 11.0 Å². The molecule has 0 atom stereocenters. The number of carbonyl (C=O) groups is 1. The zero-order valence-electron chi connectivity index (χ0n) is 18.5. The molecule has 0 spiro atoms. The number of piperazine rings is 1. The lowest BCUT2D eigenvalue weighted by Crippen LogP contribution is -2.47. The van der Waals surface area contributed by atoms with E-state index in [2.05, 4.69) is 44.4 Å². The molecule has 32 heavy (non-hydrogen) atoms. The van der Waals surface area contributed by atoms with Crippen molar-refractivity contribution >= 4 is 22.6 Å². The van der Waals surface area contributed by atoms with Crippen LogP contribution in [-0.4, -0.2) is 64.2 Å². The van der Waals surface area contributed by atoms with E-state index in [4.69, 9.17) is 0 Å². The largest absolute Gasteiger partial charge is 0.369 e. The molecule has 1 amide bonds. The van der Waals surface area contributed by atoms with E-state index in [1.54, 1.807) is 7.05 Å². The van der Waals surface area contributed by atoms with Crippen LogP contribution in [0.4, 0.5) is 5.69 Å². The second kappa shape index (κ2) is 9.35. The molecule has 1 aromatic carbocycles. The van der Waals surface area contributed by atoms with Gasteiger partial charge in [0.2, 0.25) is 0 Å². The van der Waals surface area contributed by atoms with Crippen molar-refractivity contribution in [2.75, 3.05) is 44.2 Å². The Morgan fingerprint density at radius 3 is 2.47 bits per heavy atom. The number of hydrogen-bond acceptors (Lipinski definition) is 6. The number of fused-ring (bicyclic) bond motifs is 1. The first kappa shape index (κ1) is 21.8. The summed E-state index contributed by atoms with van der Waals surface area (Å²) in [6, 6.07) is 11.9. The fourth-order valence-corrected chi connectivity index (χ4v) is 4.06. The molecule has 1 aliphatic rings. The van der Waals surface area contributed by atoms with E-state index in [0.717, 1.165) is 43.7 Å². The average molecular weight is 437 g/mol. The molecule has 2 aromatic heterocycles. The van der Waals surface area contributed by atoms with Crippen LogP contribution in [0, 0.1) is 0 Å². The Morgan fingerprint density at radius 2 is 1.75 bits per heavy atom. The highest BCUT2D eigenvalue weighted by molar-refractivity contribution is 5.96. The maximum atomic E-state index is 12.5. The monoisotopic (exact) mass is 436 g/mol. The van der Waals surface area contributed by atoms with Crippen molar-refractivity contribution in [2.45, 2.75) is 6.42 Å². The molecule has 1 saturated heterocycles. The molecule has 3 heterocycles. The van der Waals surface area contributed by atoms with Crippen LogP contribution in [-0.2, 0) is 14.1 Å². The van der Waals surface area contributed by atoms with Gasteiger partial charge < -0.3 is 10.2 Å². The van der Waals surface area contributed by atoms with Gasteiger partial charge in [-0.2, -0.15) is 0 Å². The Bertz CT molecular complexity index is 1230. The minimum atomic E-state index is -0.458. The zero-order valence-corrected chi connectivity index (χ0v) is 18.5. The predicted octanol–water partition coefficient (Wildman–Crippen LogP) is 0.574. The number of rotatable bonds is 6. The summed E-state index contributed by atoms with van der Waals surface area (Å²) < 4.78 is 2.32. The molecule has 1 fully saturated rings. The quantitative estimate of drug-likeness (QED) is 0.568. The number of nitrogens with one attached hydrogen (secondary N) is 1. The van der Waals surface area contributed by atoms with Crippen LogP contribution in [0.15, 0.2) is 52.2 Å². The second-order valence-electron chi connectivity index (χ2n) is 8.07. The van der Waals surface area contributed by atoms with Gasteiger partial charge in [-0.1, -0.05) is 18.2 Å². The van der Waals surface area contributed by atoms with E-state index in [1.165, 1.54) is 29.6 Å². The number of pyridine rings is 1. The number of nitrogens with zero attached hydrogens (tertiary/aromatic N) is 5. The Morgan fingerprint density at radius 1 is 1.03 bits per heavy atom. The average Bonchev–Trinajstić information content (AvgIpc) is 2.84. The van der Waals surface area contributed by atoms with Crippen molar-refractivity contribution in [2.24, 2.45) is 14.1 Å². The molecule has 3 aromatic rings. The summed E-state index contributed by atoms with van der Waals surface area (Å²) in [5, 5.41) is 3.15. The number of benzene rings is 1. The lowest BCUT2D eigenvalue weighted by molar-refractivity contribution is 0.0951. The third-order valence-corrected chi connectivity index (χ3v) is 5.99. The maximum absolute atomic E-state index is 12.5. The smallest absolute Gasteiger partial charge is 0.332 e. The number of aromatic nitrogens is 3. The van der Waals surface area contributed by atoms with Gasteiger partial charge in [-0.25, -0.2) is 9.78 Å². The molecule has 4 rings (SSSR count). The topological polar surface area (TPSA) is 92.5 Å². The van der Waals surface area contributed by atoms with Crippen molar-refractivity contribution in [1.82, 2.24) is 24.3 Å². The molecule has 9 heteroatoms. The molecule has 0 radical (unpaired) electrons. The number of carbonyl (C=O) groups excluding carboxylic acids is 1. The molecule has 1 aliphatic heterocycles. The molecule has 0 bridgehead atoms. The Hall–Kier alpha value is -3.46. The first-order valence-corrected chi connectivity index (χ1v) is 10.8. The van der Waals surface area contributed by atoms with E-state index < -0.39 is 11.2 Å². The van der Waals surface area contributed by atoms with Crippen LogP contribution in [0.5, 0.6) is 0 Å². The number of para-hydroxylation sites is 1. The number of anilines is 1. The normalized spacial score (nSPS) is 14.6. The van der Waals surface area contributed by atoms with Gasteiger partial charge in [0.1, 0.15) is 5.65 Å².